The van der Waals surface area contributed by atoms with E-state index in [-0.39, 0.29) is 30.2 Å². The highest BCUT2D eigenvalue weighted by Crippen LogP contribution is 2.15. The Morgan fingerprint density at radius 2 is 2.27 bits per heavy atom. The number of carbonyl (C=O) groups excluding carboxylic acids is 1. The molecule has 1 fully saturated rings. The van der Waals surface area contributed by atoms with Gasteiger partial charge in [0.25, 0.3) is 5.56 Å². The molecule has 8 nitrogen and oxygen atoms in total. The quantitative estimate of drug-likeness (QED) is 0.841. The first kappa shape index (κ1) is 18.1. The zero-order valence-corrected chi connectivity index (χ0v) is 14.8. The van der Waals surface area contributed by atoms with Gasteiger partial charge in [0.15, 0.2) is 0 Å². The molecular weight excluding hydrogens is 336 g/mol. The lowest BCUT2D eigenvalue weighted by atomic mass is 10.1. The van der Waals surface area contributed by atoms with Crippen LogP contribution in [0.2, 0.25) is 0 Å². The summed E-state index contributed by atoms with van der Waals surface area (Å²) in [7, 11) is 0. The Balaban J connectivity index is 1.65. The molecule has 0 saturated carbocycles. The SMILES string of the molecule is Cc1cc(=O)n(CC(=O)N[C@@H]2CCOC[C@H]2Oc2ccccn2)nc1C. The minimum absolute atomic E-state index is 0.131. The average Bonchev–Trinajstić information content (AvgIpc) is 2.62. The fourth-order valence-corrected chi connectivity index (χ4v) is 2.74. The summed E-state index contributed by atoms with van der Waals surface area (Å²) in [5, 5.41) is 7.10. The van der Waals surface area contributed by atoms with Crippen LogP contribution in [-0.4, -0.2) is 46.0 Å². The van der Waals surface area contributed by atoms with E-state index in [9.17, 15) is 9.59 Å². The standard InChI is InChI=1S/C18H22N4O4/c1-12-9-18(24)22(21-13(12)2)10-16(23)20-14-6-8-25-11-15(14)26-17-5-3-4-7-19-17/h3-5,7,9,14-15H,6,8,10-11H2,1-2H3,(H,20,23)/t14-,15-/m1/s1. The Bertz CT molecular complexity index is 822. The van der Waals surface area contributed by atoms with E-state index in [2.05, 4.69) is 15.4 Å². The highest BCUT2D eigenvalue weighted by Gasteiger charge is 2.29. The lowest BCUT2D eigenvalue weighted by molar-refractivity contribution is -0.124. The van der Waals surface area contributed by atoms with Gasteiger partial charge < -0.3 is 14.8 Å². The Morgan fingerprint density at radius 1 is 1.42 bits per heavy atom. The number of pyridine rings is 1. The molecule has 0 spiro atoms. The topological polar surface area (TPSA) is 95.3 Å². The molecule has 2 aromatic heterocycles. The van der Waals surface area contributed by atoms with E-state index in [0.29, 0.717) is 25.5 Å². The number of nitrogens with one attached hydrogen (secondary N) is 1. The molecule has 0 unspecified atom stereocenters. The molecule has 1 aliphatic heterocycles. The fraction of sp³-hybridized carbons (Fsp3) is 0.444. The number of hydrogen-bond donors (Lipinski definition) is 1. The van der Waals surface area contributed by atoms with Crippen LogP contribution in [0.4, 0.5) is 0 Å². The molecule has 0 aliphatic carbocycles. The molecule has 1 saturated heterocycles. The summed E-state index contributed by atoms with van der Waals surface area (Å²) < 4.78 is 12.5. The van der Waals surface area contributed by atoms with E-state index >= 15 is 0 Å². The number of amides is 1. The third kappa shape index (κ3) is 4.45. The molecule has 8 heteroatoms. The molecular formula is C18H22N4O4. The molecule has 1 aliphatic rings. The van der Waals surface area contributed by atoms with Crippen LogP contribution in [0.25, 0.3) is 0 Å². The van der Waals surface area contributed by atoms with Crippen LogP contribution >= 0.6 is 0 Å². The summed E-state index contributed by atoms with van der Waals surface area (Å²) in [5.41, 5.74) is 1.23. The maximum Gasteiger partial charge on any atom is 0.267 e. The van der Waals surface area contributed by atoms with Crippen LogP contribution in [0.15, 0.2) is 35.3 Å². The van der Waals surface area contributed by atoms with E-state index in [1.54, 1.807) is 25.3 Å². The Morgan fingerprint density at radius 3 is 3.04 bits per heavy atom. The second-order valence-electron chi connectivity index (χ2n) is 6.27. The lowest BCUT2D eigenvalue weighted by Gasteiger charge is -2.32. The second-order valence-corrected chi connectivity index (χ2v) is 6.27. The van der Waals surface area contributed by atoms with E-state index in [4.69, 9.17) is 9.47 Å². The van der Waals surface area contributed by atoms with E-state index < -0.39 is 0 Å². The molecule has 2 atom stereocenters. The summed E-state index contributed by atoms with van der Waals surface area (Å²) in [6.45, 7) is 4.39. The van der Waals surface area contributed by atoms with Gasteiger partial charge >= 0.3 is 0 Å². The third-order valence-electron chi connectivity index (χ3n) is 4.29. The first-order valence-electron chi connectivity index (χ1n) is 8.53. The summed E-state index contributed by atoms with van der Waals surface area (Å²) in [6, 6.07) is 6.65. The van der Waals surface area contributed by atoms with Crippen molar-refractivity contribution in [3.8, 4) is 5.88 Å². The Kier molecular flexibility index (Phi) is 5.62. The highest BCUT2D eigenvalue weighted by molar-refractivity contribution is 5.76. The molecule has 138 valence electrons. The molecule has 0 radical (unpaired) electrons. The van der Waals surface area contributed by atoms with Crippen molar-refractivity contribution < 1.29 is 14.3 Å². The monoisotopic (exact) mass is 358 g/mol. The van der Waals surface area contributed by atoms with Crippen molar-refractivity contribution in [1.82, 2.24) is 20.1 Å². The van der Waals surface area contributed by atoms with Gasteiger partial charge in [0, 0.05) is 24.9 Å². The first-order valence-corrected chi connectivity index (χ1v) is 8.53. The molecule has 3 heterocycles. The molecule has 0 bridgehead atoms. The molecule has 0 aromatic carbocycles. The molecule has 1 N–H and O–H groups in total. The van der Waals surface area contributed by atoms with E-state index in [1.807, 2.05) is 13.0 Å². The first-order chi connectivity index (χ1) is 12.5. The second kappa shape index (κ2) is 8.09. The van der Waals surface area contributed by atoms with Gasteiger partial charge in [-0.25, -0.2) is 9.67 Å². The van der Waals surface area contributed by atoms with Gasteiger partial charge in [0.05, 0.1) is 18.3 Å². The smallest absolute Gasteiger partial charge is 0.267 e. The number of ether oxygens (including phenoxy) is 2. The van der Waals surface area contributed by atoms with Gasteiger partial charge in [-0.3, -0.25) is 9.59 Å². The predicted molar refractivity (Wildman–Crippen MR) is 94.0 cm³/mol. The maximum atomic E-state index is 12.4. The molecule has 2 aromatic rings. The van der Waals surface area contributed by atoms with Crippen LogP contribution < -0.4 is 15.6 Å². The molecule has 3 rings (SSSR count). The van der Waals surface area contributed by atoms with Gasteiger partial charge in [0.1, 0.15) is 12.6 Å². The van der Waals surface area contributed by atoms with E-state index in [0.717, 1.165) is 11.3 Å². The van der Waals surface area contributed by atoms with Crippen molar-refractivity contribution in [2.75, 3.05) is 13.2 Å². The number of rotatable bonds is 5. The van der Waals surface area contributed by atoms with Crippen molar-refractivity contribution in [2.24, 2.45) is 0 Å². The number of aryl methyl sites for hydroxylation is 2. The minimum Gasteiger partial charge on any atom is -0.470 e. The van der Waals surface area contributed by atoms with Gasteiger partial charge in [-0.05, 0) is 31.9 Å². The Labute approximate surface area is 151 Å². The van der Waals surface area contributed by atoms with Crippen molar-refractivity contribution in [3.63, 3.8) is 0 Å². The van der Waals surface area contributed by atoms with E-state index in [1.165, 1.54) is 10.7 Å². The highest BCUT2D eigenvalue weighted by atomic mass is 16.5. The zero-order chi connectivity index (χ0) is 18.5. The van der Waals surface area contributed by atoms with Crippen molar-refractivity contribution in [3.05, 3.63) is 52.1 Å². The maximum absolute atomic E-state index is 12.4. The van der Waals surface area contributed by atoms with Crippen LogP contribution in [0, 0.1) is 13.8 Å². The number of nitrogens with zero attached hydrogens (tertiary/aromatic N) is 3. The molecule has 1 amide bonds. The van der Waals surface area contributed by atoms with Crippen LogP contribution in [0.5, 0.6) is 5.88 Å². The van der Waals surface area contributed by atoms with Crippen LogP contribution in [-0.2, 0) is 16.1 Å². The van der Waals surface area contributed by atoms with Gasteiger partial charge in [-0.2, -0.15) is 5.10 Å². The third-order valence-corrected chi connectivity index (χ3v) is 4.29. The van der Waals surface area contributed by atoms with Crippen LogP contribution in [0.3, 0.4) is 0 Å². The van der Waals surface area contributed by atoms with Crippen molar-refractivity contribution in [2.45, 2.75) is 39.0 Å². The number of aromatic nitrogens is 3. The van der Waals surface area contributed by atoms with Gasteiger partial charge in [-0.1, -0.05) is 6.07 Å². The van der Waals surface area contributed by atoms with Gasteiger partial charge in [-0.15, -0.1) is 0 Å². The normalized spacial score (nSPS) is 19.8. The van der Waals surface area contributed by atoms with Crippen molar-refractivity contribution >= 4 is 5.91 Å². The van der Waals surface area contributed by atoms with Gasteiger partial charge in [0.2, 0.25) is 11.8 Å². The summed E-state index contributed by atoms with van der Waals surface area (Å²) in [5.74, 6) is 0.193. The summed E-state index contributed by atoms with van der Waals surface area (Å²) in [4.78, 5) is 28.5. The van der Waals surface area contributed by atoms with Crippen molar-refractivity contribution in [1.29, 1.82) is 0 Å². The average molecular weight is 358 g/mol. The number of carbonyl (C=O) groups is 1. The lowest BCUT2D eigenvalue weighted by Crippen LogP contribution is -2.52. The fourth-order valence-electron chi connectivity index (χ4n) is 2.74. The molecule has 26 heavy (non-hydrogen) atoms. The van der Waals surface area contributed by atoms with Crippen LogP contribution in [0.1, 0.15) is 17.7 Å². The minimum atomic E-state index is -0.341. The number of hydrogen-bond acceptors (Lipinski definition) is 6. The zero-order valence-electron chi connectivity index (χ0n) is 14.8. The predicted octanol–water partition coefficient (Wildman–Crippen LogP) is 0.608. The summed E-state index contributed by atoms with van der Waals surface area (Å²) >= 11 is 0. The Hall–Kier alpha value is -2.74. The summed E-state index contributed by atoms with van der Waals surface area (Å²) in [6.07, 6.45) is 1.93. The largest absolute Gasteiger partial charge is 0.470 e.